The summed E-state index contributed by atoms with van der Waals surface area (Å²) >= 11 is 6.11. The van der Waals surface area contributed by atoms with Gasteiger partial charge in [0.1, 0.15) is 11.3 Å². The molecule has 0 spiro atoms. The Morgan fingerprint density at radius 1 is 1.11 bits per heavy atom. The zero-order chi connectivity index (χ0) is 23.9. The van der Waals surface area contributed by atoms with Gasteiger partial charge in [-0.2, -0.15) is 0 Å². The third-order valence-corrected chi connectivity index (χ3v) is 6.34. The number of H-pyrrole nitrogens is 1. The van der Waals surface area contributed by atoms with Crippen molar-refractivity contribution in [1.82, 2.24) is 24.3 Å². The first kappa shape index (κ1) is 21.2. The van der Waals surface area contributed by atoms with Crippen LogP contribution in [0.2, 0.25) is 5.02 Å². The SMILES string of the molecule is O=C(NCCc1c[nH]c2ccc(Cl)cc12)c1ccc(Cn2c(=O)c3cccn3c3cccnc32)o1. The molecule has 0 aliphatic carbocycles. The number of benzene rings is 1. The van der Waals surface area contributed by atoms with Crippen LogP contribution in [0.15, 0.2) is 82.4 Å². The van der Waals surface area contributed by atoms with E-state index < -0.39 is 0 Å². The molecule has 5 heterocycles. The molecule has 0 unspecified atom stereocenters. The number of hydrogen-bond acceptors (Lipinski definition) is 4. The summed E-state index contributed by atoms with van der Waals surface area (Å²) in [7, 11) is 0. The number of furan rings is 1. The van der Waals surface area contributed by atoms with Gasteiger partial charge in [0.15, 0.2) is 11.4 Å². The molecule has 1 amide bonds. The molecule has 6 aromatic rings. The Morgan fingerprint density at radius 3 is 2.91 bits per heavy atom. The molecular formula is C26H20ClN5O3. The van der Waals surface area contributed by atoms with Crippen molar-refractivity contribution >= 4 is 45.1 Å². The molecule has 0 aliphatic rings. The molecule has 0 saturated carbocycles. The van der Waals surface area contributed by atoms with Gasteiger partial charge in [-0.25, -0.2) is 4.98 Å². The van der Waals surface area contributed by atoms with Gasteiger partial charge < -0.3 is 19.1 Å². The zero-order valence-electron chi connectivity index (χ0n) is 18.5. The van der Waals surface area contributed by atoms with Crippen molar-refractivity contribution in [3.63, 3.8) is 0 Å². The lowest BCUT2D eigenvalue weighted by Crippen LogP contribution is -2.25. The Balaban J connectivity index is 1.19. The second-order valence-electron chi connectivity index (χ2n) is 8.28. The van der Waals surface area contributed by atoms with Crippen LogP contribution in [0.4, 0.5) is 0 Å². The number of halogens is 1. The zero-order valence-corrected chi connectivity index (χ0v) is 19.2. The third-order valence-electron chi connectivity index (χ3n) is 6.10. The number of fused-ring (bicyclic) bond motifs is 4. The number of nitrogens with one attached hydrogen (secondary N) is 2. The summed E-state index contributed by atoms with van der Waals surface area (Å²) in [6.45, 7) is 0.602. The number of nitrogens with zero attached hydrogens (tertiary/aromatic N) is 3. The largest absolute Gasteiger partial charge is 0.454 e. The van der Waals surface area contributed by atoms with E-state index in [0.717, 1.165) is 22.0 Å². The maximum atomic E-state index is 13.1. The number of aromatic nitrogens is 4. The van der Waals surface area contributed by atoms with Crippen LogP contribution in [0, 0.1) is 0 Å². The van der Waals surface area contributed by atoms with Crippen molar-refractivity contribution in [3.05, 3.63) is 106 Å². The number of pyridine rings is 1. The molecule has 1 aromatic carbocycles. The molecule has 174 valence electrons. The molecule has 9 heteroatoms. The van der Waals surface area contributed by atoms with E-state index in [2.05, 4.69) is 15.3 Å². The Morgan fingerprint density at radius 2 is 2.00 bits per heavy atom. The fraction of sp³-hybridized carbons (Fsp3) is 0.115. The summed E-state index contributed by atoms with van der Waals surface area (Å²) in [6.07, 6.45) is 6.06. The smallest absolute Gasteiger partial charge is 0.287 e. The highest BCUT2D eigenvalue weighted by molar-refractivity contribution is 6.31. The lowest BCUT2D eigenvalue weighted by atomic mass is 10.1. The van der Waals surface area contributed by atoms with E-state index in [9.17, 15) is 9.59 Å². The van der Waals surface area contributed by atoms with Crippen LogP contribution >= 0.6 is 11.6 Å². The second kappa shape index (κ2) is 8.48. The van der Waals surface area contributed by atoms with Crippen molar-refractivity contribution in [1.29, 1.82) is 0 Å². The molecule has 0 bridgehead atoms. The Hall–Kier alpha value is -4.30. The molecule has 0 radical (unpaired) electrons. The van der Waals surface area contributed by atoms with E-state index in [1.165, 1.54) is 0 Å². The van der Waals surface area contributed by atoms with Crippen molar-refractivity contribution in [2.75, 3.05) is 6.54 Å². The van der Waals surface area contributed by atoms with Crippen LogP contribution in [0.5, 0.6) is 0 Å². The quantitative estimate of drug-likeness (QED) is 0.365. The van der Waals surface area contributed by atoms with Crippen molar-refractivity contribution in [2.24, 2.45) is 0 Å². The maximum absolute atomic E-state index is 13.1. The molecule has 0 fully saturated rings. The van der Waals surface area contributed by atoms with Crippen LogP contribution < -0.4 is 10.9 Å². The average Bonchev–Trinajstić information content (AvgIpc) is 3.62. The second-order valence-corrected chi connectivity index (χ2v) is 8.71. The molecule has 6 rings (SSSR count). The van der Waals surface area contributed by atoms with Crippen molar-refractivity contribution in [3.8, 4) is 0 Å². The fourth-order valence-electron chi connectivity index (χ4n) is 4.43. The average molecular weight is 486 g/mol. The van der Waals surface area contributed by atoms with Crippen LogP contribution in [0.3, 0.4) is 0 Å². The summed E-state index contributed by atoms with van der Waals surface area (Å²) in [5.74, 6) is 0.369. The standard InChI is InChI=1S/C26H20ClN5O3/c27-17-5-7-20-19(13-17)16(14-30-20)9-11-29-25(33)23-8-6-18(35-23)15-32-24-21(3-1-10-28-24)31-12-2-4-22(31)26(32)34/h1-8,10,12-14,30H,9,11,15H2,(H,29,33). The third kappa shape index (κ3) is 3.77. The van der Waals surface area contributed by atoms with Gasteiger partial charge in [-0.3, -0.25) is 14.2 Å². The normalized spacial score (nSPS) is 11.6. The fourth-order valence-corrected chi connectivity index (χ4v) is 4.60. The van der Waals surface area contributed by atoms with Gasteiger partial charge in [-0.1, -0.05) is 11.6 Å². The minimum atomic E-state index is -0.313. The Labute approximate surface area is 203 Å². The van der Waals surface area contributed by atoms with Gasteiger partial charge in [0.05, 0.1) is 12.1 Å². The molecule has 8 nitrogen and oxygen atoms in total. The van der Waals surface area contributed by atoms with Gasteiger partial charge in [0.25, 0.3) is 11.5 Å². The first-order valence-corrected chi connectivity index (χ1v) is 11.5. The van der Waals surface area contributed by atoms with Gasteiger partial charge in [-0.05, 0) is 66.6 Å². The van der Waals surface area contributed by atoms with E-state index in [1.54, 1.807) is 29.0 Å². The highest BCUT2D eigenvalue weighted by Crippen LogP contribution is 2.22. The number of aromatic amines is 1. The van der Waals surface area contributed by atoms with E-state index in [4.69, 9.17) is 16.0 Å². The van der Waals surface area contributed by atoms with E-state index in [-0.39, 0.29) is 23.8 Å². The predicted octanol–water partition coefficient (Wildman–Crippen LogP) is 4.40. The molecule has 0 aliphatic heterocycles. The number of hydrogen-bond donors (Lipinski definition) is 2. The lowest BCUT2D eigenvalue weighted by Gasteiger charge is -2.10. The number of carbonyl (C=O) groups excluding carboxylic acids is 1. The molecule has 0 atom stereocenters. The van der Waals surface area contributed by atoms with E-state index in [1.807, 2.05) is 53.2 Å². The van der Waals surface area contributed by atoms with Gasteiger partial charge in [-0.15, -0.1) is 0 Å². The Kier molecular flexibility index (Phi) is 5.15. The number of rotatable bonds is 6. The monoisotopic (exact) mass is 485 g/mol. The van der Waals surface area contributed by atoms with E-state index >= 15 is 0 Å². The molecular weight excluding hydrogens is 466 g/mol. The topological polar surface area (TPSA) is 97.3 Å². The molecule has 5 aromatic heterocycles. The first-order valence-electron chi connectivity index (χ1n) is 11.2. The van der Waals surface area contributed by atoms with Gasteiger partial charge >= 0.3 is 0 Å². The number of carbonyl (C=O) groups is 1. The summed E-state index contributed by atoms with van der Waals surface area (Å²) in [5, 5.41) is 4.60. The number of amides is 1. The summed E-state index contributed by atoms with van der Waals surface area (Å²) in [4.78, 5) is 33.4. The van der Waals surface area contributed by atoms with Crippen LogP contribution in [-0.2, 0) is 13.0 Å². The van der Waals surface area contributed by atoms with Crippen LogP contribution in [-0.4, -0.2) is 31.4 Å². The molecule has 2 N–H and O–H groups in total. The molecule has 35 heavy (non-hydrogen) atoms. The Bertz CT molecular complexity index is 1770. The van der Waals surface area contributed by atoms with Crippen LogP contribution in [0.1, 0.15) is 21.9 Å². The van der Waals surface area contributed by atoms with Crippen molar-refractivity contribution in [2.45, 2.75) is 13.0 Å². The van der Waals surface area contributed by atoms with Crippen LogP contribution in [0.25, 0.3) is 27.6 Å². The van der Waals surface area contributed by atoms with E-state index in [0.29, 0.717) is 34.9 Å². The summed E-state index contributed by atoms with van der Waals surface area (Å²) in [5.41, 5.74) is 3.80. The van der Waals surface area contributed by atoms with Crippen molar-refractivity contribution < 1.29 is 9.21 Å². The highest BCUT2D eigenvalue weighted by atomic mass is 35.5. The lowest BCUT2D eigenvalue weighted by molar-refractivity contribution is 0.0924. The maximum Gasteiger partial charge on any atom is 0.287 e. The summed E-state index contributed by atoms with van der Waals surface area (Å²) in [6, 6.07) is 16.3. The van der Waals surface area contributed by atoms with Gasteiger partial charge in [0, 0.05) is 41.1 Å². The highest BCUT2D eigenvalue weighted by Gasteiger charge is 2.15. The molecule has 0 saturated heterocycles. The summed E-state index contributed by atoms with van der Waals surface area (Å²) < 4.78 is 9.18. The van der Waals surface area contributed by atoms with Gasteiger partial charge in [0.2, 0.25) is 0 Å². The minimum absolute atomic E-state index is 0.164. The minimum Gasteiger partial charge on any atom is -0.454 e. The predicted molar refractivity (Wildman–Crippen MR) is 134 cm³/mol. The first-order chi connectivity index (χ1) is 17.1.